The molecule has 2 nitrogen and oxygen atoms in total. The van der Waals surface area contributed by atoms with Gasteiger partial charge in [-0.15, -0.1) is 0 Å². The van der Waals surface area contributed by atoms with Crippen molar-refractivity contribution in [2.75, 3.05) is 6.61 Å². The minimum atomic E-state index is -0.219. The third-order valence-corrected chi connectivity index (χ3v) is 3.53. The molecule has 0 spiro atoms. The summed E-state index contributed by atoms with van der Waals surface area (Å²) in [6, 6.07) is 10.8. The van der Waals surface area contributed by atoms with E-state index < -0.39 is 0 Å². The molecule has 0 N–H and O–H groups in total. The van der Waals surface area contributed by atoms with Crippen molar-refractivity contribution >= 4 is 0 Å². The average Bonchev–Trinajstić information content (AvgIpc) is 2.81. The number of ether oxygens (including phenoxy) is 2. The van der Waals surface area contributed by atoms with E-state index in [1.54, 1.807) is 6.07 Å². The standard InChI is InChI=1S/C17H17FO2/c1-11-3-4-12(2)17(7-11)19-10-15-9-13-8-14(18)5-6-16(13)20-15/h3-8,15H,9-10H2,1-2H3. The Morgan fingerprint density at radius 2 is 2.05 bits per heavy atom. The van der Waals surface area contributed by atoms with Gasteiger partial charge in [-0.2, -0.15) is 0 Å². The number of rotatable bonds is 3. The van der Waals surface area contributed by atoms with Crippen LogP contribution >= 0.6 is 0 Å². The van der Waals surface area contributed by atoms with Gasteiger partial charge >= 0.3 is 0 Å². The first kappa shape index (κ1) is 13.0. The van der Waals surface area contributed by atoms with E-state index in [4.69, 9.17) is 9.47 Å². The third-order valence-electron chi connectivity index (χ3n) is 3.53. The van der Waals surface area contributed by atoms with Crippen LogP contribution in [0.5, 0.6) is 11.5 Å². The van der Waals surface area contributed by atoms with E-state index >= 15 is 0 Å². The fraction of sp³-hybridized carbons (Fsp3) is 0.294. The largest absolute Gasteiger partial charge is 0.489 e. The molecule has 104 valence electrons. The van der Waals surface area contributed by atoms with Crippen LogP contribution in [0, 0.1) is 19.7 Å². The molecule has 2 aromatic carbocycles. The van der Waals surface area contributed by atoms with E-state index in [-0.39, 0.29) is 11.9 Å². The minimum Gasteiger partial charge on any atom is -0.489 e. The van der Waals surface area contributed by atoms with E-state index in [1.165, 1.54) is 17.7 Å². The van der Waals surface area contributed by atoms with Crippen molar-refractivity contribution in [2.24, 2.45) is 0 Å². The van der Waals surface area contributed by atoms with Crippen molar-refractivity contribution in [3.63, 3.8) is 0 Å². The quantitative estimate of drug-likeness (QED) is 0.845. The number of fused-ring (bicyclic) bond motifs is 1. The van der Waals surface area contributed by atoms with Crippen LogP contribution in [-0.2, 0) is 6.42 Å². The van der Waals surface area contributed by atoms with Gasteiger partial charge < -0.3 is 9.47 Å². The summed E-state index contributed by atoms with van der Waals surface area (Å²) in [7, 11) is 0. The Balaban J connectivity index is 1.65. The summed E-state index contributed by atoms with van der Waals surface area (Å²) in [6.45, 7) is 4.53. The van der Waals surface area contributed by atoms with Crippen LogP contribution < -0.4 is 9.47 Å². The third kappa shape index (κ3) is 2.62. The van der Waals surface area contributed by atoms with Crippen molar-refractivity contribution in [3.05, 3.63) is 58.9 Å². The fourth-order valence-corrected chi connectivity index (χ4v) is 2.43. The Kier molecular flexibility index (Phi) is 3.35. The van der Waals surface area contributed by atoms with Gasteiger partial charge in [-0.3, -0.25) is 0 Å². The lowest BCUT2D eigenvalue weighted by molar-refractivity contribution is 0.148. The average molecular weight is 272 g/mol. The summed E-state index contributed by atoms with van der Waals surface area (Å²) in [5.41, 5.74) is 3.19. The lowest BCUT2D eigenvalue weighted by atomic mass is 10.1. The SMILES string of the molecule is Cc1ccc(C)c(OCC2Cc3cc(F)ccc3O2)c1. The zero-order chi connectivity index (χ0) is 14.1. The monoisotopic (exact) mass is 272 g/mol. The van der Waals surface area contributed by atoms with Crippen LogP contribution in [0.15, 0.2) is 36.4 Å². The maximum atomic E-state index is 13.2. The zero-order valence-corrected chi connectivity index (χ0v) is 11.7. The highest BCUT2D eigenvalue weighted by molar-refractivity contribution is 5.38. The van der Waals surface area contributed by atoms with E-state index in [0.717, 1.165) is 22.6 Å². The molecule has 0 amide bonds. The van der Waals surface area contributed by atoms with Crippen LogP contribution in [0.1, 0.15) is 16.7 Å². The molecule has 3 heteroatoms. The molecule has 20 heavy (non-hydrogen) atoms. The van der Waals surface area contributed by atoms with Crippen molar-refractivity contribution < 1.29 is 13.9 Å². The second-order valence-electron chi connectivity index (χ2n) is 5.28. The van der Waals surface area contributed by atoms with Crippen LogP contribution in [-0.4, -0.2) is 12.7 Å². The van der Waals surface area contributed by atoms with Gasteiger partial charge in [-0.1, -0.05) is 12.1 Å². The normalized spacial score (nSPS) is 16.6. The highest BCUT2D eigenvalue weighted by Gasteiger charge is 2.24. The molecular weight excluding hydrogens is 255 g/mol. The summed E-state index contributed by atoms with van der Waals surface area (Å²) >= 11 is 0. The van der Waals surface area contributed by atoms with Gasteiger partial charge in [0.05, 0.1) is 0 Å². The molecule has 0 saturated carbocycles. The summed E-state index contributed by atoms with van der Waals surface area (Å²) in [6.07, 6.45) is 0.643. The van der Waals surface area contributed by atoms with Crippen LogP contribution in [0.3, 0.4) is 0 Å². The molecule has 0 fully saturated rings. The maximum absolute atomic E-state index is 13.2. The van der Waals surface area contributed by atoms with Gasteiger partial charge in [0.2, 0.25) is 0 Å². The minimum absolute atomic E-state index is 0.0493. The van der Waals surface area contributed by atoms with Crippen LogP contribution in [0.25, 0.3) is 0 Å². The Morgan fingerprint density at radius 1 is 1.20 bits per heavy atom. The van der Waals surface area contributed by atoms with Crippen molar-refractivity contribution in [1.29, 1.82) is 0 Å². The van der Waals surface area contributed by atoms with Crippen molar-refractivity contribution in [2.45, 2.75) is 26.4 Å². The summed E-state index contributed by atoms with van der Waals surface area (Å²) in [4.78, 5) is 0. The first-order chi connectivity index (χ1) is 9.61. The van der Waals surface area contributed by atoms with Gasteiger partial charge in [-0.05, 0) is 49.2 Å². The smallest absolute Gasteiger partial charge is 0.137 e. The molecule has 0 saturated heterocycles. The summed E-state index contributed by atoms with van der Waals surface area (Å²) < 4.78 is 24.8. The molecule has 2 aromatic rings. The Labute approximate surface area is 118 Å². The maximum Gasteiger partial charge on any atom is 0.137 e. The zero-order valence-electron chi connectivity index (χ0n) is 11.7. The van der Waals surface area contributed by atoms with Gasteiger partial charge in [0.1, 0.15) is 30.0 Å². The van der Waals surface area contributed by atoms with Gasteiger partial charge in [0, 0.05) is 12.0 Å². The molecule has 0 bridgehead atoms. The highest BCUT2D eigenvalue weighted by atomic mass is 19.1. The Hall–Kier alpha value is -2.03. The number of benzene rings is 2. The summed E-state index contributed by atoms with van der Waals surface area (Å²) in [5.74, 6) is 1.43. The van der Waals surface area contributed by atoms with Crippen LogP contribution in [0.2, 0.25) is 0 Å². The molecular formula is C17H17FO2. The number of halogens is 1. The molecule has 1 atom stereocenters. The molecule has 1 aliphatic rings. The lowest BCUT2D eigenvalue weighted by Gasteiger charge is -2.14. The lowest BCUT2D eigenvalue weighted by Crippen LogP contribution is -2.22. The molecule has 3 rings (SSSR count). The van der Waals surface area contributed by atoms with Gasteiger partial charge in [-0.25, -0.2) is 4.39 Å². The van der Waals surface area contributed by atoms with E-state index in [1.807, 2.05) is 26.0 Å². The summed E-state index contributed by atoms with van der Waals surface area (Å²) in [5, 5.41) is 0. The van der Waals surface area contributed by atoms with E-state index in [0.29, 0.717) is 13.0 Å². The molecule has 0 aliphatic carbocycles. The van der Waals surface area contributed by atoms with Crippen LogP contribution in [0.4, 0.5) is 4.39 Å². The van der Waals surface area contributed by atoms with Gasteiger partial charge in [0.25, 0.3) is 0 Å². The predicted molar refractivity (Wildman–Crippen MR) is 75.9 cm³/mol. The first-order valence-corrected chi connectivity index (χ1v) is 6.77. The Bertz CT molecular complexity index is 637. The van der Waals surface area contributed by atoms with Crippen molar-refractivity contribution in [1.82, 2.24) is 0 Å². The number of hydrogen-bond acceptors (Lipinski definition) is 2. The predicted octanol–water partition coefficient (Wildman–Crippen LogP) is 3.83. The molecule has 0 aromatic heterocycles. The second-order valence-corrected chi connectivity index (χ2v) is 5.28. The van der Waals surface area contributed by atoms with E-state index in [9.17, 15) is 4.39 Å². The molecule has 1 aliphatic heterocycles. The fourth-order valence-electron chi connectivity index (χ4n) is 2.43. The highest BCUT2D eigenvalue weighted by Crippen LogP contribution is 2.30. The van der Waals surface area contributed by atoms with E-state index in [2.05, 4.69) is 6.07 Å². The second kappa shape index (κ2) is 5.16. The van der Waals surface area contributed by atoms with Crippen molar-refractivity contribution in [3.8, 4) is 11.5 Å². The molecule has 0 radical (unpaired) electrons. The first-order valence-electron chi connectivity index (χ1n) is 6.77. The molecule has 1 unspecified atom stereocenters. The van der Waals surface area contributed by atoms with Gasteiger partial charge in [0.15, 0.2) is 0 Å². The number of hydrogen-bond donors (Lipinski definition) is 0. The Morgan fingerprint density at radius 3 is 2.90 bits per heavy atom. The topological polar surface area (TPSA) is 18.5 Å². The molecule has 1 heterocycles. The number of aryl methyl sites for hydroxylation is 2.